The molecule has 18 heavy (non-hydrogen) atoms. The van der Waals surface area contributed by atoms with Crippen LogP contribution in [-0.2, 0) is 22.2 Å². The highest BCUT2D eigenvalue weighted by atomic mass is 31.2. The van der Waals surface area contributed by atoms with Crippen LogP contribution >= 0.6 is 15.2 Å². The molecule has 0 aliphatic heterocycles. The van der Waals surface area contributed by atoms with Crippen LogP contribution in [0.2, 0.25) is 0 Å². The van der Waals surface area contributed by atoms with E-state index in [4.69, 9.17) is 19.6 Å². The Hall–Kier alpha value is -0.490. The van der Waals surface area contributed by atoms with E-state index in [9.17, 15) is 9.13 Å². The van der Waals surface area contributed by atoms with Crippen LogP contribution in [0.4, 0.5) is 0 Å². The predicted octanol–water partition coefficient (Wildman–Crippen LogP) is -0.133. The molecule has 1 aromatic rings. The van der Waals surface area contributed by atoms with Crippen LogP contribution in [0, 0.1) is 0 Å². The van der Waals surface area contributed by atoms with E-state index >= 15 is 0 Å². The fraction of sp³-hybridized carbons (Fsp3) is 0.625. The van der Waals surface area contributed by atoms with Crippen LogP contribution in [-0.4, -0.2) is 29.5 Å². The third kappa shape index (κ3) is 4.31. The average Bonchev–Trinajstić information content (AvgIpc) is 2.59. The lowest BCUT2D eigenvalue weighted by atomic mass is 10.5. The molecular weight excluding hydrogens is 282 g/mol. The highest BCUT2D eigenvalue weighted by molar-refractivity contribution is 7.70. The van der Waals surface area contributed by atoms with Crippen molar-refractivity contribution in [1.82, 2.24) is 4.57 Å². The van der Waals surface area contributed by atoms with Crippen molar-refractivity contribution in [2.75, 3.05) is 0 Å². The molecule has 1 rings (SSSR count). The fourth-order valence-corrected chi connectivity index (χ4v) is 3.90. The summed E-state index contributed by atoms with van der Waals surface area (Å²) in [7, 11) is -9.72. The minimum absolute atomic E-state index is 0.425. The molecule has 4 N–H and O–H groups in total. The van der Waals surface area contributed by atoms with Gasteiger partial charge in [-0.2, -0.15) is 0 Å². The zero-order chi connectivity index (χ0) is 14.0. The Morgan fingerprint density at radius 3 is 2.22 bits per heavy atom. The number of nitrogens with zero attached hydrogens (tertiary/aromatic N) is 2. The molecule has 0 atom stereocenters. The van der Waals surface area contributed by atoms with Gasteiger partial charge in [-0.3, -0.25) is 9.13 Å². The Balaban J connectivity index is 2.90. The molecule has 0 radical (unpaired) electrons. The lowest BCUT2D eigenvalue weighted by Crippen LogP contribution is -2.38. The maximum atomic E-state index is 11.1. The highest BCUT2D eigenvalue weighted by Gasteiger charge is 2.45. The molecule has 0 bridgehead atoms. The summed E-state index contributed by atoms with van der Waals surface area (Å²) in [6, 6.07) is 0. The van der Waals surface area contributed by atoms with Gasteiger partial charge in [0.25, 0.3) is 0 Å². The highest BCUT2D eigenvalue weighted by Crippen LogP contribution is 2.59. The zero-order valence-corrected chi connectivity index (χ0v) is 11.6. The minimum Gasteiger partial charge on any atom is -0.324 e. The number of aryl methyl sites for hydroxylation is 1. The maximum Gasteiger partial charge on any atom is 0.344 e. The quantitative estimate of drug-likeness (QED) is 0.428. The Morgan fingerprint density at radius 1 is 1.22 bits per heavy atom. The number of aromatic nitrogens is 2. The van der Waals surface area contributed by atoms with Gasteiger partial charge in [0, 0.05) is 0 Å². The van der Waals surface area contributed by atoms with E-state index in [1.54, 1.807) is 17.1 Å². The van der Waals surface area contributed by atoms with Gasteiger partial charge in [0.2, 0.25) is 6.33 Å². The Kier molecular flexibility index (Phi) is 4.89. The Labute approximate surface area is 104 Å². The molecule has 1 heterocycles. The van der Waals surface area contributed by atoms with Gasteiger partial charge in [-0.15, -0.1) is 0 Å². The Bertz CT molecular complexity index is 468. The molecule has 0 aliphatic rings. The van der Waals surface area contributed by atoms with E-state index in [2.05, 4.69) is 0 Å². The summed E-state index contributed by atoms with van der Waals surface area (Å²) in [6.45, 7) is 2.27. The second-order valence-corrected chi connectivity index (χ2v) is 8.02. The molecule has 0 fully saturated rings. The number of imidazole rings is 1. The smallest absolute Gasteiger partial charge is 0.324 e. The van der Waals surface area contributed by atoms with Gasteiger partial charge in [0.15, 0.2) is 5.40 Å². The minimum atomic E-state index is -4.86. The topological polar surface area (TPSA) is 124 Å². The second-order valence-electron chi connectivity index (χ2n) is 4.01. The van der Waals surface area contributed by atoms with Crippen LogP contribution in [0.3, 0.4) is 0 Å². The van der Waals surface area contributed by atoms with Crippen molar-refractivity contribution in [3.63, 3.8) is 0 Å². The molecule has 0 aromatic carbocycles. The molecule has 1 aromatic heterocycles. The zero-order valence-electron chi connectivity index (χ0n) is 9.82. The van der Waals surface area contributed by atoms with Crippen molar-refractivity contribution >= 4 is 15.2 Å². The SMILES string of the molecule is CCCn1cc[n+](CC(P(=O)(O)O)P(=O)(O)O)c1. The van der Waals surface area contributed by atoms with Gasteiger partial charge in [-0.05, 0) is 6.42 Å². The standard InChI is InChI=1S/C8H16N2O6P2/c1-2-3-9-4-5-10(7-9)6-8(17(11,12)13)18(14,15)16/h4-5,7-8H,2-3,6H2,1H3,(H3-,11,12,13,14,15,16)/p+1. The first-order valence-electron chi connectivity index (χ1n) is 5.30. The summed E-state index contributed by atoms with van der Waals surface area (Å²) in [5.74, 6) is 0. The largest absolute Gasteiger partial charge is 0.344 e. The average molecular weight is 299 g/mol. The van der Waals surface area contributed by atoms with E-state index in [0.717, 1.165) is 13.0 Å². The van der Waals surface area contributed by atoms with Gasteiger partial charge in [-0.1, -0.05) is 6.92 Å². The van der Waals surface area contributed by atoms with Crippen molar-refractivity contribution in [3.8, 4) is 0 Å². The normalized spacial score (nSPS) is 13.2. The van der Waals surface area contributed by atoms with Gasteiger partial charge in [0.1, 0.15) is 18.9 Å². The number of hydrogen-bond acceptors (Lipinski definition) is 2. The van der Waals surface area contributed by atoms with Crippen LogP contribution in [0.25, 0.3) is 0 Å². The lowest BCUT2D eigenvalue weighted by molar-refractivity contribution is -0.694. The van der Waals surface area contributed by atoms with Crippen LogP contribution < -0.4 is 4.57 Å². The maximum absolute atomic E-state index is 11.1. The van der Waals surface area contributed by atoms with Crippen molar-refractivity contribution in [2.45, 2.75) is 31.8 Å². The van der Waals surface area contributed by atoms with Crippen molar-refractivity contribution in [1.29, 1.82) is 0 Å². The van der Waals surface area contributed by atoms with Crippen LogP contribution in [0.15, 0.2) is 18.7 Å². The first kappa shape index (κ1) is 15.6. The molecule has 10 heteroatoms. The van der Waals surface area contributed by atoms with E-state index < -0.39 is 27.1 Å². The summed E-state index contributed by atoms with van der Waals surface area (Å²) in [4.78, 5) is 35.9. The third-order valence-electron chi connectivity index (χ3n) is 2.38. The van der Waals surface area contributed by atoms with Gasteiger partial charge in [-0.25, -0.2) is 9.13 Å². The molecule has 0 amide bonds. The summed E-state index contributed by atoms with van der Waals surface area (Å²) in [5, 5.41) is -2.01. The van der Waals surface area contributed by atoms with E-state index in [0.29, 0.717) is 0 Å². The molecule has 0 aliphatic carbocycles. The predicted molar refractivity (Wildman–Crippen MR) is 62.8 cm³/mol. The fourth-order valence-electron chi connectivity index (χ4n) is 1.53. The van der Waals surface area contributed by atoms with Gasteiger partial charge < -0.3 is 19.6 Å². The molecule has 0 saturated heterocycles. The van der Waals surface area contributed by atoms with Crippen molar-refractivity contribution in [3.05, 3.63) is 18.7 Å². The van der Waals surface area contributed by atoms with Crippen molar-refractivity contribution < 1.29 is 33.3 Å². The van der Waals surface area contributed by atoms with E-state index in [-0.39, 0.29) is 0 Å². The van der Waals surface area contributed by atoms with Crippen LogP contribution in [0.1, 0.15) is 13.3 Å². The summed E-state index contributed by atoms with van der Waals surface area (Å²) >= 11 is 0. The van der Waals surface area contributed by atoms with Gasteiger partial charge >= 0.3 is 15.2 Å². The second kappa shape index (κ2) is 5.65. The summed E-state index contributed by atoms with van der Waals surface area (Å²) < 4.78 is 25.3. The number of hydrogen-bond donors (Lipinski definition) is 4. The van der Waals surface area contributed by atoms with Crippen LogP contribution in [0.5, 0.6) is 0 Å². The summed E-state index contributed by atoms with van der Waals surface area (Å²) in [5.41, 5.74) is 0. The summed E-state index contributed by atoms with van der Waals surface area (Å²) in [6.07, 6.45) is 5.64. The third-order valence-corrected chi connectivity index (χ3v) is 6.06. The first-order chi connectivity index (χ1) is 8.14. The molecule has 8 nitrogen and oxygen atoms in total. The number of rotatable bonds is 6. The first-order valence-corrected chi connectivity index (χ1v) is 8.66. The molecular formula is C8H17N2O6P2+. The monoisotopic (exact) mass is 299 g/mol. The molecule has 0 saturated carbocycles. The van der Waals surface area contributed by atoms with Crippen molar-refractivity contribution in [2.24, 2.45) is 0 Å². The van der Waals surface area contributed by atoms with E-state index in [1.807, 2.05) is 6.92 Å². The molecule has 104 valence electrons. The van der Waals surface area contributed by atoms with E-state index in [1.165, 1.54) is 10.8 Å². The molecule has 0 spiro atoms. The lowest BCUT2D eigenvalue weighted by Gasteiger charge is -2.17. The Morgan fingerprint density at radius 2 is 1.78 bits per heavy atom. The molecule has 0 unspecified atom stereocenters. The van der Waals surface area contributed by atoms with Gasteiger partial charge in [0.05, 0.1) is 6.54 Å².